The Hall–Kier alpha value is -1.65. The summed E-state index contributed by atoms with van der Waals surface area (Å²) in [5, 5.41) is 0. The fourth-order valence-corrected chi connectivity index (χ4v) is 4.78. The molecule has 2 atom stereocenters. The van der Waals surface area contributed by atoms with E-state index in [0.717, 1.165) is 37.7 Å². The summed E-state index contributed by atoms with van der Waals surface area (Å²) in [5.41, 5.74) is 2.38. The molecule has 0 aromatic heterocycles. The van der Waals surface area contributed by atoms with E-state index < -0.39 is 10.0 Å². The van der Waals surface area contributed by atoms with Crippen molar-refractivity contribution in [2.45, 2.75) is 55.9 Å². The van der Waals surface area contributed by atoms with Crippen molar-refractivity contribution in [2.75, 3.05) is 0 Å². The van der Waals surface area contributed by atoms with Crippen LogP contribution in [0, 0.1) is 6.92 Å². The van der Waals surface area contributed by atoms with Gasteiger partial charge < -0.3 is 0 Å². The lowest BCUT2D eigenvalue weighted by molar-refractivity contribution is 0.486. The molecule has 1 aliphatic carbocycles. The Morgan fingerprint density at radius 2 is 1.58 bits per heavy atom. The molecule has 3 nitrogen and oxygen atoms in total. The first-order valence-electron chi connectivity index (χ1n) is 8.68. The Bertz CT molecular complexity index is 754. The highest BCUT2D eigenvalue weighted by Gasteiger charge is 2.25. The van der Waals surface area contributed by atoms with Gasteiger partial charge in [-0.05, 0) is 49.8 Å². The van der Waals surface area contributed by atoms with Crippen LogP contribution in [0.15, 0.2) is 59.5 Å². The second-order valence-corrected chi connectivity index (χ2v) is 8.47. The zero-order valence-corrected chi connectivity index (χ0v) is 14.9. The van der Waals surface area contributed by atoms with E-state index in [2.05, 4.69) is 29.0 Å². The molecule has 0 aliphatic heterocycles. The molecule has 24 heavy (non-hydrogen) atoms. The molecule has 2 aromatic rings. The van der Waals surface area contributed by atoms with Crippen LogP contribution in [0.2, 0.25) is 0 Å². The highest BCUT2D eigenvalue weighted by molar-refractivity contribution is 7.89. The third-order valence-electron chi connectivity index (χ3n) is 4.85. The van der Waals surface area contributed by atoms with Gasteiger partial charge in [0.05, 0.1) is 4.90 Å². The zero-order chi connectivity index (χ0) is 17.0. The first-order chi connectivity index (χ1) is 11.5. The predicted molar refractivity (Wildman–Crippen MR) is 97.6 cm³/mol. The Kier molecular flexibility index (Phi) is 5.36. The summed E-state index contributed by atoms with van der Waals surface area (Å²) in [6, 6.07) is 17.5. The fraction of sp³-hybridized carbons (Fsp3) is 0.400. The van der Waals surface area contributed by atoms with E-state index in [1.54, 1.807) is 12.1 Å². The first-order valence-corrected chi connectivity index (χ1v) is 10.2. The molecule has 1 aliphatic rings. The summed E-state index contributed by atoms with van der Waals surface area (Å²) < 4.78 is 28.3. The van der Waals surface area contributed by atoms with Gasteiger partial charge >= 0.3 is 0 Å². The van der Waals surface area contributed by atoms with Gasteiger partial charge in [0.2, 0.25) is 10.0 Å². The van der Waals surface area contributed by atoms with Crippen LogP contribution in [-0.4, -0.2) is 14.5 Å². The minimum atomic E-state index is -3.45. The Labute approximate surface area is 145 Å². The number of benzene rings is 2. The first kappa shape index (κ1) is 17.2. The quantitative estimate of drug-likeness (QED) is 0.837. The molecular formula is C20H25NO2S. The van der Waals surface area contributed by atoms with Crippen molar-refractivity contribution in [3.05, 3.63) is 65.7 Å². The second-order valence-electron chi connectivity index (χ2n) is 6.76. The fourth-order valence-electron chi connectivity index (χ4n) is 3.50. The van der Waals surface area contributed by atoms with Crippen molar-refractivity contribution < 1.29 is 8.42 Å². The number of hydrogen-bond donors (Lipinski definition) is 1. The number of hydrogen-bond acceptors (Lipinski definition) is 2. The van der Waals surface area contributed by atoms with Crippen LogP contribution < -0.4 is 4.72 Å². The largest absolute Gasteiger partial charge is 0.240 e. The van der Waals surface area contributed by atoms with E-state index in [0.29, 0.717) is 10.8 Å². The van der Waals surface area contributed by atoms with Crippen LogP contribution >= 0.6 is 0 Å². The molecule has 0 unspecified atom stereocenters. The van der Waals surface area contributed by atoms with Crippen LogP contribution in [0.25, 0.3) is 0 Å². The Morgan fingerprint density at radius 3 is 2.29 bits per heavy atom. The van der Waals surface area contributed by atoms with E-state index >= 15 is 0 Å². The van der Waals surface area contributed by atoms with Gasteiger partial charge in [-0.15, -0.1) is 0 Å². The van der Waals surface area contributed by atoms with E-state index in [1.165, 1.54) is 5.56 Å². The molecule has 0 saturated heterocycles. The van der Waals surface area contributed by atoms with Crippen molar-refractivity contribution >= 4 is 10.0 Å². The lowest BCUT2D eigenvalue weighted by Crippen LogP contribution is -2.35. The summed E-state index contributed by atoms with van der Waals surface area (Å²) in [6.45, 7) is 1.96. The molecule has 0 heterocycles. The van der Waals surface area contributed by atoms with E-state index in [4.69, 9.17) is 0 Å². The van der Waals surface area contributed by atoms with Gasteiger partial charge in [0.1, 0.15) is 0 Å². The minimum Gasteiger partial charge on any atom is -0.208 e. The van der Waals surface area contributed by atoms with Crippen LogP contribution in [0.4, 0.5) is 0 Å². The smallest absolute Gasteiger partial charge is 0.208 e. The molecule has 2 aromatic carbocycles. The van der Waals surface area contributed by atoms with Crippen molar-refractivity contribution in [2.24, 2.45) is 0 Å². The molecule has 0 bridgehead atoms. The molecule has 0 amide bonds. The number of aryl methyl sites for hydroxylation is 1. The van der Waals surface area contributed by atoms with Crippen molar-refractivity contribution in [1.29, 1.82) is 0 Å². The maximum atomic E-state index is 12.7. The molecule has 3 rings (SSSR count). The van der Waals surface area contributed by atoms with E-state index in [1.807, 2.05) is 25.1 Å². The van der Waals surface area contributed by atoms with E-state index in [-0.39, 0.29) is 6.04 Å². The third kappa shape index (κ3) is 4.25. The molecule has 128 valence electrons. The van der Waals surface area contributed by atoms with Crippen LogP contribution in [0.5, 0.6) is 0 Å². The van der Waals surface area contributed by atoms with Gasteiger partial charge in [-0.3, -0.25) is 0 Å². The van der Waals surface area contributed by atoms with Gasteiger partial charge in [0, 0.05) is 6.04 Å². The molecule has 1 fully saturated rings. The molecule has 1 N–H and O–H groups in total. The van der Waals surface area contributed by atoms with Gasteiger partial charge in [0.25, 0.3) is 0 Å². The minimum absolute atomic E-state index is 0.00371. The Morgan fingerprint density at radius 1 is 0.917 bits per heavy atom. The molecule has 1 saturated carbocycles. The predicted octanol–water partition coefficient (Wildman–Crippen LogP) is 4.39. The molecular weight excluding hydrogens is 318 g/mol. The van der Waals surface area contributed by atoms with E-state index in [9.17, 15) is 8.42 Å². The van der Waals surface area contributed by atoms with Gasteiger partial charge in [-0.25, -0.2) is 13.1 Å². The highest BCUT2D eigenvalue weighted by Crippen LogP contribution is 2.32. The topological polar surface area (TPSA) is 46.2 Å². The maximum Gasteiger partial charge on any atom is 0.240 e. The van der Waals surface area contributed by atoms with Crippen LogP contribution in [0.1, 0.15) is 49.1 Å². The normalized spacial score (nSPS) is 22.0. The average molecular weight is 343 g/mol. The third-order valence-corrected chi connectivity index (χ3v) is 6.38. The summed E-state index contributed by atoms with van der Waals surface area (Å²) in [4.78, 5) is 0.355. The van der Waals surface area contributed by atoms with Crippen molar-refractivity contribution in [3.8, 4) is 0 Å². The number of sulfonamides is 1. The van der Waals surface area contributed by atoms with Crippen molar-refractivity contribution in [1.82, 2.24) is 4.72 Å². The Balaban J connectivity index is 1.74. The summed E-state index contributed by atoms with van der Waals surface area (Å²) in [7, 11) is -3.45. The highest BCUT2D eigenvalue weighted by atomic mass is 32.2. The lowest BCUT2D eigenvalue weighted by Gasteiger charge is -2.21. The lowest BCUT2D eigenvalue weighted by atomic mass is 9.91. The summed E-state index contributed by atoms with van der Waals surface area (Å²) in [5.74, 6) is 0.430. The molecule has 0 spiro atoms. The molecule has 0 radical (unpaired) electrons. The summed E-state index contributed by atoms with van der Waals surface area (Å²) >= 11 is 0. The SMILES string of the molecule is Cc1ccc(S(=O)(=O)N[C@@H]2CCCC[C@@H](c3ccccc3)C2)cc1. The van der Waals surface area contributed by atoms with Gasteiger partial charge in [0.15, 0.2) is 0 Å². The monoisotopic (exact) mass is 343 g/mol. The number of rotatable bonds is 4. The van der Waals surface area contributed by atoms with Crippen molar-refractivity contribution in [3.63, 3.8) is 0 Å². The van der Waals surface area contributed by atoms with Crippen LogP contribution in [0.3, 0.4) is 0 Å². The second kappa shape index (κ2) is 7.49. The van der Waals surface area contributed by atoms with Crippen LogP contribution in [-0.2, 0) is 10.0 Å². The van der Waals surface area contributed by atoms with Gasteiger partial charge in [-0.1, -0.05) is 60.9 Å². The van der Waals surface area contributed by atoms with Gasteiger partial charge in [-0.2, -0.15) is 0 Å². The number of nitrogens with one attached hydrogen (secondary N) is 1. The zero-order valence-electron chi connectivity index (χ0n) is 14.1. The maximum absolute atomic E-state index is 12.7. The molecule has 4 heteroatoms. The summed E-state index contributed by atoms with van der Waals surface area (Å²) in [6.07, 6.45) is 5.14. The standard InChI is InChI=1S/C20H25NO2S/c1-16-11-13-20(14-12-16)24(22,23)21-19-10-6-5-9-18(15-19)17-7-3-2-4-8-17/h2-4,7-8,11-14,18-19,21H,5-6,9-10,15H2,1H3/t18-,19-/m1/s1. The average Bonchev–Trinajstić information content (AvgIpc) is 2.81.